The SMILES string of the molecule is COc1ccc(CNC(=O)CC[C@H]2CCCN(Cc3ccc(C)s3)C2)c(OC)c1. The highest BCUT2D eigenvalue weighted by Crippen LogP contribution is 2.26. The standard InChI is InChI=1S/C23H32N2O3S/c1-17-6-10-21(29-17)16-25-12-4-5-18(15-25)7-11-23(26)24-14-19-8-9-20(27-2)13-22(19)28-3/h6,8-10,13,18H,4-5,7,11-12,14-16H2,1-3H3,(H,24,26)/t18-/m1/s1. The Morgan fingerprint density at radius 2 is 2.10 bits per heavy atom. The molecule has 0 bridgehead atoms. The Labute approximate surface area is 178 Å². The summed E-state index contributed by atoms with van der Waals surface area (Å²) in [7, 11) is 3.26. The molecule has 0 radical (unpaired) electrons. The van der Waals surface area contributed by atoms with Gasteiger partial charge in [-0.1, -0.05) is 0 Å². The number of piperidine rings is 1. The minimum atomic E-state index is 0.105. The summed E-state index contributed by atoms with van der Waals surface area (Å²) in [5.41, 5.74) is 0.955. The molecule has 1 fully saturated rings. The van der Waals surface area contributed by atoms with Crippen molar-refractivity contribution in [1.29, 1.82) is 0 Å². The van der Waals surface area contributed by atoms with Gasteiger partial charge in [-0.2, -0.15) is 0 Å². The van der Waals surface area contributed by atoms with Gasteiger partial charge in [0, 0.05) is 47.4 Å². The zero-order valence-electron chi connectivity index (χ0n) is 17.7. The maximum atomic E-state index is 12.4. The molecule has 1 aliphatic rings. The molecule has 1 saturated heterocycles. The fourth-order valence-electron chi connectivity index (χ4n) is 3.94. The van der Waals surface area contributed by atoms with Gasteiger partial charge in [0.15, 0.2) is 0 Å². The predicted octanol–water partition coefficient (Wildman–Crippen LogP) is 4.38. The highest BCUT2D eigenvalue weighted by atomic mass is 32.1. The smallest absolute Gasteiger partial charge is 0.220 e. The van der Waals surface area contributed by atoms with Crippen molar-refractivity contribution in [3.63, 3.8) is 0 Å². The van der Waals surface area contributed by atoms with Crippen LogP contribution >= 0.6 is 11.3 Å². The quantitative estimate of drug-likeness (QED) is 0.659. The number of ether oxygens (including phenoxy) is 2. The second-order valence-corrected chi connectivity index (χ2v) is 9.12. The minimum Gasteiger partial charge on any atom is -0.497 e. The van der Waals surface area contributed by atoms with E-state index in [4.69, 9.17) is 9.47 Å². The number of hydrogen-bond donors (Lipinski definition) is 1. The first kappa shape index (κ1) is 21.7. The molecule has 1 aromatic heterocycles. The molecule has 2 aromatic rings. The molecule has 6 heteroatoms. The predicted molar refractivity (Wildman–Crippen MR) is 118 cm³/mol. The number of thiophene rings is 1. The summed E-state index contributed by atoms with van der Waals surface area (Å²) in [5.74, 6) is 2.19. The summed E-state index contributed by atoms with van der Waals surface area (Å²) in [6.07, 6.45) is 3.97. The van der Waals surface area contributed by atoms with Crippen molar-refractivity contribution in [3.05, 3.63) is 45.6 Å². The second kappa shape index (κ2) is 10.6. The van der Waals surface area contributed by atoms with E-state index in [-0.39, 0.29) is 5.91 Å². The first-order chi connectivity index (χ1) is 14.1. The van der Waals surface area contributed by atoms with Crippen LogP contribution in [-0.4, -0.2) is 38.1 Å². The van der Waals surface area contributed by atoms with Gasteiger partial charge in [0.1, 0.15) is 11.5 Å². The van der Waals surface area contributed by atoms with Crippen molar-refractivity contribution in [3.8, 4) is 11.5 Å². The van der Waals surface area contributed by atoms with Gasteiger partial charge in [-0.15, -0.1) is 11.3 Å². The van der Waals surface area contributed by atoms with Crippen molar-refractivity contribution in [2.45, 2.75) is 45.7 Å². The molecule has 1 aliphatic heterocycles. The monoisotopic (exact) mass is 416 g/mol. The number of carbonyl (C=O) groups excluding carboxylic acids is 1. The van der Waals surface area contributed by atoms with Crippen LogP contribution in [0.3, 0.4) is 0 Å². The van der Waals surface area contributed by atoms with Crippen molar-refractivity contribution in [2.24, 2.45) is 5.92 Å². The fourth-order valence-corrected chi connectivity index (χ4v) is 4.87. The normalized spacial score (nSPS) is 17.1. The number of rotatable bonds is 9. The van der Waals surface area contributed by atoms with Gasteiger partial charge in [0.05, 0.1) is 14.2 Å². The summed E-state index contributed by atoms with van der Waals surface area (Å²) in [4.78, 5) is 17.7. The maximum Gasteiger partial charge on any atom is 0.220 e. The number of benzene rings is 1. The summed E-state index contributed by atoms with van der Waals surface area (Å²) < 4.78 is 10.6. The molecule has 1 amide bonds. The van der Waals surface area contributed by atoms with Crippen LogP contribution in [0.2, 0.25) is 0 Å². The number of amides is 1. The average molecular weight is 417 g/mol. The van der Waals surface area contributed by atoms with Crippen LogP contribution in [0.1, 0.15) is 41.0 Å². The van der Waals surface area contributed by atoms with Crippen LogP contribution < -0.4 is 14.8 Å². The van der Waals surface area contributed by atoms with Gasteiger partial charge in [-0.25, -0.2) is 0 Å². The number of nitrogens with one attached hydrogen (secondary N) is 1. The molecule has 1 N–H and O–H groups in total. The zero-order chi connectivity index (χ0) is 20.6. The number of nitrogens with zero attached hydrogens (tertiary/aromatic N) is 1. The van der Waals surface area contributed by atoms with Crippen molar-refractivity contribution >= 4 is 17.2 Å². The highest BCUT2D eigenvalue weighted by molar-refractivity contribution is 7.11. The minimum absolute atomic E-state index is 0.105. The van der Waals surface area contributed by atoms with Gasteiger partial charge >= 0.3 is 0 Å². The van der Waals surface area contributed by atoms with E-state index >= 15 is 0 Å². The van der Waals surface area contributed by atoms with Crippen molar-refractivity contribution < 1.29 is 14.3 Å². The summed E-state index contributed by atoms with van der Waals surface area (Å²) in [5, 5.41) is 3.03. The summed E-state index contributed by atoms with van der Waals surface area (Å²) >= 11 is 1.89. The van der Waals surface area contributed by atoms with Gasteiger partial charge < -0.3 is 14.8 Å². The number of methoxy groups -OCH3 is 2. The number of likely N-dealkylation sites (tertiary alicyclic amines) is 1. The van der Waals surface area contributed by atoms with E-state index in [0.29, 0.717) is 18.9 Å². The molecule has 0 aliphatic carbocycles. The molecule has 0 saturated carbocycles. The third kappa shape index (κ3) is 6.47. The number of hydrogen-bond acceptors (Lipinski definition) is 5. The molecule has 1 atom stereocenters. The van der Waals surface area contributed by atoms with Crippen LogP contribution in [0.15, 0.2) is 30.3 Å². The van der Waals surface area contributed by atoms with E-state index < -0.39 is 0 Å². The van der Waals surface area contributed by atoms with E-state index in [9.17, 15) is 4.79 Å². The Balaban J connectivity index is 1.42. The van der Waals surface area contributed by atoms with Gasteiger partial charge in [0.2, 0.25) is 5.91 Å². The Bertz CT molecular complexity index is 805. The molecule has 158 valence electrons. The van der Waals surface area contributed by atoms with Crippen LogP contribution in [0.5, 0.6) is 11.5 Å². The molecule has 2 heterocycles. The van der Waals surface area contributed by atoms with E-state index in [1.807, 2.05) is 29.5 Å². The Morgan fingerprint density at radius 1 is 1.24 bits per heavy atom. The Kier molecular flexibility index (Phi) is 7.95. The third-order valence-electron chi connectivity index (χ3n) is 5.53. The summed E-state index contributed by atoms with van der Waals surface area (Å²) in [6.45, 7) is 5.93. The van der Waals surface area contributed by atoms with Crippen LogP contribution in [0.25, 0.3) is 0 Å². The fraction of sp³-hybridized carbons (Fsp3) is 0.522. The molecular weight excluding hydrogens is 384 g/mol. The lowest BCUT2D eigenvalue weighted by atomic mass is 9.93. The molecule has 0 spiro atoms. The highest BCUT2D eigenvalue weighted by Gasteiger charge is 2.21. The molecule has 29 heavy (non-hydrogen) atoms. The van der Waals surface area contributed by atoms with Crippen LogP contribution in [0.4, 0.5) is 0 Å². The lowest BCUT2D eigenvalue weighted by Gasteiger charge is -2.32. The van der Waals surface area contributed by atoms with E-state index in [0.717, 1.165) is 43.1 Å². The second-order valence-electron chi connectivity index (χ2n) is 7.75. The molecule has 1 aromatic carbocycles. The first-order valence-corrected chi connectivity index (χ1v) is 11.1. The Hall–Kier alpha value is -2.05. The molecule has 5 nitrogen and oxygen atoms in total. The van der Waals surface area contributed by atoms with Crippen molar-refractivity contribution in [1.82, 2.24) is 10.2 Å². The van der Waals surface area contributed by atoms with Gasteiger partial charge in [0.25, 0.3) is 0 Å². The number of carbonyl (C=O) groups is 1. The van der Waals surface area contributed by atoms with E-state index in [1.165, 1.54) is 22.6 Å². The topological polar surface area (TPSA) is 50.8 Å². The molecule has 0 unspecified atom stereocenters. The molecule has 3 rings (SSSR count). The van der Waals surface area contributed by atoms with Gasteiger partial charge in [-0.3, -0.25) is 9.69 Å². The lowest BCUT2D eigenvalue weighted by molar-refractivity contribution is -0.121. The first-order valence-electron chi connectivity index (χ1n) is 10.3. The maximum absolute atomic E-state index is 12.4. The number of aryl methyl sites for hydroxylation is 1. The van der Waals surface area contributed by atoms with Crippen LogP contribution in [0, 0.1) is 12.8 Å². The average Bonchev–Trinajstić information content (AvgIpc) is 3.15. The summed E-state index contributed by atoms with van der Waals surface area (Å²) in [6, 6.07) is 10.1. The largest absolute Gasteiger partial charge is 0.497 e. The lowest BCUT2D eigenvalue weighted by Crippen LogP contribution is -2.35. The third-order valence-corrected chi connectivity index (χ3v) is 6.51. The Morgan fingerprint density at radius 3 is 2.83 bits per heavy atom. The van der Waals surface area contributed by atoms with E-state index in [1.54, 1.807) is 14.2 Å². The van der Waals surface area contributed by atoms with E-state index in [2.05, 4.69) is 29.3 Å². The van der Waals surface area contributed by atoms with Crippen molar-refractivity contribution in [2.75, 3.05) is 27.3 Å². The van der Waals surface area contributed by atoms with Crippen LogP contribution in [-0.2, 0) is 17.9 Å². The van der Waals surface area contributed by atoms with Gasteiger partial charge in [-0.05, 0) is 62.9 Å². The zero-order valence-corrected chi connectivity index (χ0v) is 18.5. The molecular formula is C23H32N2O3S.